The maximum Gasteiger partial charge on any atom is 0.272 e. The molecule has 4 rings (SSSR count). The Morgan fingerprint density at radius 3 is 2.53 bits per heavy atom. The lowest BCUT2D eigenvalue weighted by atomic mass is 9.92. The number of carbonyl (C=O) groups excluding carboxylic acids is 1. The highest BCUT2D eigenvalue weighted by molar-refractivity contribution is 5.94. The molecule has 0 saturated carbocycles. The van der Waals surface area contributed by atoms with Crippen LogP contribution in [0.5, 0.6) is 0 Å². The number of hydrogen-bond acceptors (Lipinski definition) is 7. The molecule has 1 amide bonds. The first-order chi connectivity index (χ1) is 15.4. The van der Waals surface area contributed by atoms with E-state index in [-0.39, 0.29) is 11.8 Å². The molecule has 1 fully saturated rings. The van der Waals surface area contributed by atoms with Crippen LogP contribution in [0.15, 0.2) is 24.7 Å². The van der Waals surface area contributed by atoms with E-state index in [0.29, 0.717) is 30.3 Å². The van der Waals surface area contributed by atoms with Gasteiger partial charge in [0.05, 0.1) is 11.9 Å². The van der Waals surface area contributed by atoms with Gasteiger partial charge in [0.25, 0.3) is 5.91 Å². The standard InChI is InChI=1S/C23H30N8O/c1-6-17-15(2)21(30(5)28-17)23(32)31-11-7-16(8-12-31)18-13-20(29(3)4)27-22(26-18)19-14-24-9-10-25-19/h9-10,13-14,16H,6-8,11-12H2,1-5H3. The van der Waals surface area contributed by atoms with E-state index in [1.807, 2.05) is 43.9 Å². The van der Waals surface area contributed by atoms with E-state index < -0.39 is 0 Å². The van der Waals surface area contributed by atoms with Crippen LogP contribution in [0.3, 0.4) is 0 Å². The minimum absolute atomic E-state index is 0.0626. The maximum absolute atomic E-state index is 13.2. The van der Waals surface area contributed by atoms with Crippen molar-refractivity contribution in [2.24, 2.45) is 7.05 Å². The first-order valence-corrected chi connectivity index (χ1v) is 11.0. The second-order valence-electron chi connectivity index (χ2n) is 8.42. The molecule has 0 atom stereocenters. The lowest BCUT2D eigenvalue weighted by Crippen LogP contribution is -2.39. The lowest BCUT2D eigenvalue weighted by molar-refractivity contribution is 0.0700. The zero-order valence-corrected chi connectivity index (χ0v) is 19.4. The Morgan fingerprint density at radius 2 is 1.94 bits per heavy atom. The number of aryl methyl sites for hydroxylation is 2. The Hall–Kier alpha value is -3.36. The van der Waals surface area contributed by atoms with Crippen molar-refractivity contribution in [3.05, 3.63) is 47.3 Å². The summed E-state index contributed by atoms with van der Waals surface area (Å²) in [6, 6.07) is 2.04. The third kappa shape index (κ3) is 4.19. The molecule has 3 aromatic rings. The predicted molar refractivity (Wildman–Crippen MR) is 123 cm³/mol. The predicted octanol–water partition coefficient (Wildman–Crippen LogP) is 2.62. The number of rotatable bonds is 5. The summed E-state index contributed by atoms with van der Waals surface area (Å²) in [5, 5.41) is 4.51. The number of carbonyl (C=O) groups is 1. The van der Waals surface area contributed by atoms with Crippen LogP contribution in [0.1, 0.15) is 53.1 Å². The van der Waals surface area contributed by atoms with Gasteiger partial charge in [-0.25, -0.2) is 15.0 Å². The van der Waals surface area contributed by atoms with Gasteiger partial charge in [-0.15, -0.1) is 0 Å². The molecule has 9 nitrogen and oxygen atoms in total. The van der Waals surface area contributed by atoms with Crippen molar-refractivity contribution in [2.45, 2.75) is 39.0 Å². The molecule has 32 heavy (non-hydrogen) atoms. The molecule has 9 heteroatoms. The SMILES string of the molecule is CCc1nn(C)c(C(=O)N2CCC(c3cc(N(C)C)nc(-c4cnccn4)n3)CC2)c1C. The fourth-order valence-electron chi connectivity index (χ4n) is 4.27. The van der Waals surface area contributed by atoms with Crippen molar-refractivity contribution in [3.63, 3.8) is 0 Å². The van der Waals surface area contributed by atoms with Crippen molar-refractivity contribution in [2.75, 3.05) is 32.1 Å². The largest absolute Gasteiger partial charge is 0.363 e. The smallest absolute Gasteiger partial charge is 0.272 e. The zero-order valence-electron chi connectivity index (χ0n) is 19.4. The zero-order chi connectivity index (χ0) is 22.8. The van der Waals surface area contributed by atoms with Crippen LogP contribution < -0.4 is 4.90 Å². The summed E-state index contributed by atoms with van der Waals surface area (Å²) in [6.07, 6.45) is 7.50. The van der Waals surface area contributed by atoms with E-state index in [0.717, 1.165) is 42.0 Å². The van der Waals surface area contributed by atoms with E-state index in [1.54, 1.807) is 23.3 Å². The Morgan fingerprint density at radius 1 is 1.19 bits per heavy atom. The summed E-state index contributed by atoms with van der Waals surface area (Å²) < 4.78 is 1.73. The first kappa shape index (κ1) is 21.9. The van der Waals surface area contributed by atoms with Crippen molar-refractivity contribution >= 4 is 11.7 Å². The Kier molecular flexibility index (Phi) is 6.16. The molecule has 0 unspecified atom stereocenters. The molecule has 0 radical (unpaired) electrons. The number of aromatic nitrogens is 6. The molecule has 4 heterocycles. The van der Waals surface area contributed by atoms with Crippen LogP contribution in [0, 0.1) is 6.92 Å². The van der Waals surface area contributed by atoms with Gasteiger partial charge < -0.3 is 9.80 Å². The van der Waals surface area contributed by atoms with Gasteiger partial charge in [0.2, 0.25) is 0 Å². The van der Waals surface area contributed by atoms with Gasteiger partial charge >= 0.3 is 0 Å². The van der Waals surface area contributed by atoms with Crippen LogP contribution in [-0.4, -0.2) is 67.7 Å². The van der Waals surface area contributed by atoms with Gasteiger partial charge in [-0.2, -0.15) is 5.10 Å². The topological polar surface area (TPSA) is 92.9 Å². The number of nitrogens with zero attached hydrogens (tertiary/aromatic N) is 8. The van der Waals surface area contributed by atoms with Gasteiger partial charge in [-0.05, 0) is 26.2 Å². The van der Waals surface area contributed by atoms with Crippen LogP contribution in [0.4, 0.5) is 5.82 Å². The number of piperidine rings is 1. The van der Waals surface area contributed by atoms with Crippen molar-refractivity contribution < 1.29 is 4.79 Å². The van der Waals surface area contributed by atoms with Crippen molar-refractivity contribution in [1.82, 2.24) is 34.6 Å². The molecule has 0 aromatic carbocycles. The second kappa shape index (κ2) is 9.02. The Labute approximate surface area is 188 Å². The van der Waals surface area contributed by atoms with Crippen LogP contribution >= 0.6 is 0 Å². The molecular weight excluding hydrogens is 404 g/mol. The maximum atomic E-state index is 13.2. The third-order valence-corrected chi connectivity index (χ3v) is 6.10. The molecule has 0 bridgehead atoms. The normalized spacial score (nSPS) is 14.6. The van der Waals surface area contributed by atoms with Gasteiger partial charge in [-0.1, -0.05) is 6.92 Å². The molecular formula is C23H30N8O. The molecule has 0 spiro atoms. The molecule has 0 aliphatic carbocycles. The summed E-state index contributed by atoms with van der Waals surface area (Å²) in [6.45, 7) is 5.44. The molecule has 3 aromatic heterocycles. The average molecular weight is 435 g/mol. The quantitative estimate of drug-likeness (QED) is 0.609. The van der Waals surface area contributed by atoms with Crippen LogP contribution in [0.25, 0.3) is 11.5 Å². The minimum Gasteiger partial charge on any atom is -0.363 e. The highest BCUT2D eigenvalue weighted by Crippen LogP contribution is 2.30. The Bertz CT molecular complexity index is 1100. The summed E-state index contributed by atoms with van der Waals surface area (Å²) in [5.41, 5.74) is 4.31. The lowest BCUT2D eigenvalue weighted by Gasteiger charge is -2.32. The fraction of sp³-hybridized carbons (Fsp3) is 0.478. The number of anilines is 1. The van der Waals surface area contributed by atoms with Crippen LogP contribution in [-0.2, 0) is 13.5 Å². The highest BCUT2D eigenvalue weighted by Gasteiger charge is 2.29. The summed E-state index contributed by atoms with van der Waals surface area (Å²) in [7, 11) is 5.78. The van der Waals surface area contributed by atoms with Gasteiger partial charge in [0.15, 0.2) is 5.82 Å². The summed E-state index contributed by atoms with van der Waals surface area (Å²) >= 11 is 0. The average Bonchev–Trinajstić information content (AvgIpc) is 3.11. The monoisotopic (exact) mass is 434 g/mol. The minimum atomic E-state index is 0.0626. The Balaban J connectivity index is 1.54. The van der Waals surface area contributed by atoms with Gasteiger partial charge in [-0.3, -0.25) is 14.5 Å². The van der Waals surface area contributed by atoms with Gasteiger partial charge in [0.1, 0.15) is 17.2 Å². The van der Waals surface area contributed by atoms with E-state index in [1.165, 1.54) is 0 Å². The molecule has 168 valence electrons. The number of amides is 1. The second-order valence-corrected chi connectivity index (χ2v) is 8.42. The van der Waals surface area contributed by atoms with E-state index in [2.05, 4.69) is 27.0 Å². The number of likely N-dealkylation sites (tertiary alicyclic amines) is 1. The first-order valence-electron chi connectivity index (χ1n) is 11.0. The van der Waals surface area contributed by atoms with E-state index in [4.69, 9.17) is 4.98 Å². The summed E-state index contributed by atoms with van der Waals surface area (Å²) in [4.78, 5) is 35.1. The molecule has 1 aliphatic rings. The van der Waals surface area contributed by atoms with Crippen molar-refractivity contribution in [1.29, 1.82) is 0 Å². The van der Waals surface area contributed by atoms with E-state index >= 15 is 0 Å². The molecule has 0 N–H and O–H groups in total. The highest BCUT2D eigenvalue weighted by atomic mass is 16.2. The van der Waals surface area contributed by atoms with Crippen LogP contribution in [0.2, 0.25) is 0 Å². The molecule has 1 saturated heterocycles. The third-order valence-electron chi connectivity index (χ3n) is 6.10. The fourth-order valence-corrected chi connectivity index (χ4v) is 4.27. The van der Waals surface area contributed by atoms with E-state index in [9.17, 15) is 4.79 Å². The number of hydrogen-bond donors (Lipinski definition) is 0. The molecule has 1 aliphatic heterocycles. The van der Waals surface area contributed by atoms with Gasteiger partial charge in [0, 0.05) is 69.9 Å². The van der Waals surface area contributed by atoms with Crippen molar-refractivity contribution in [3.8, 4) is 11.5 Å². The summed E-state index contributed by atoms with van der Waals surface area (Å²) in [5.74, 6) is 1.74.